The van der Waals surface area contributed by atoms with Crippen LogP contribution in [0.1, 0.15) is 10.4 Å². The Labute approximate surface area is 92.6 Å². The molecule has 0 aliphatic carbocycles. The molecule has 0 radical (unpaired) electrons. The second-order valence-electron chi connectivity index (χ2n) is 3.03. The number of ether oxygens (including phenoxy) is 1. The molecule has 6 nitrogen and oxygen atoms in total. The van der Waals surface area contributed by atoms with Crippen LogP contribution in [0.15, 0.2) is 18.2 Å². The van der Waals surface area contributed by atoms with Gasteiger partial charge in [0.15, 0.2) is 0 Å². The Morgan fingerprint density at radius 2 is 2.12 bits per heavy atom. The van der Waals surface area contributed by atoms with Crippen molar-refractivity contribution in [2.75, 3.05) is 19.4 Å². The molecule has 1 aromatic carbocycles. The number of amides is 2. The van der Waals surface area contributed by atoms with Crippen LogP contribution in [-0.4, -0.2) is 25.5 Å². The largest absolute Gasteiger partial charge is 0.497 e. The Balaban J connectivity index is 2.93. The van der Waals surface area contributed by atoms with Gasteiger partial charge in [0.25, 0.3) is 5.91 Å². The van der Waals surface area contributed by atoms with Gasteiger partial charge in [0, 0.05) is 5.69 Å². The standard InChI is InChI=1S/C10H13N3O3/c1-16-6-2-3-8(12)7(4-6)10(15)13-9(14)5-11/h2-4H,5,11-12H2,1H3,(H,13,14,15). The fraction of sp³-hybridized carbons (Fsp3) is 0.200. The third kappa shape index (κ3) is 2.71. The molecule has 5 N–H and O–H groups in total. The van der Waals surface area contributed by atoms with Crippen molar-refractivity contribution in [3.05, 3.63) is 23.8 Å². The molecule has 86 valence electrons. The maximum Gasteiger partial charge on any atom is 0.260 e. The zero-order chi connectivity index (χ0) is 12.1. The highest BCUT2D eigenvalue weighted by Crippen LogP contribution is 2.19. The fourth-order valence-electron chi connectivity index (χ4n) is 1.10. The number of methoxy groups -OCH3 is 1. The van der Waals surface area contributed by atoms with Crippen LogP contribution in [0.3, 0.4) is 0 Å². The molecule has 0 saturated carbocycles. The van der Waals surface area contributed by atoms with Crippen molar-refractivity contribution >= 4 is 17.5 Å². The predicted octanol–water partition coefficient (Wildman–Crippen LogP) is -0.507. The van der Waals surface area contributed by atoms with Crippen LogP contribution in [-0.2, 0) is 4.79 Å². The first-order chi connectivity index (χ1) is 7.58. The first kappa shape index (κ1) is 12.0. The highest BCUT2D eigenvalue weighted by atomic mass is 16.5. The molecule has 0 unspecified atom stereocenters. The molecule has 2 amide bonds. The highest BCUT2D eigenvalue weighted by molar-refractivity contribution is 6.08. The normalized spacial score (nSPS) is 9.62. The molecule has 6 heteroatoms. The molecule has 1 aromatic rings. The fourth-order valence-corrected chi connectivity index (χ4v) is 1.10. The van der Waals surface area contributed by atoms with E-state index in [9.17, 15) is 9.59 Å². The van der Waals surface area contributed by atoms with Gasteiger partial charge in [-0.3, -0.25) is 14.9 Å². The summed E-state index contributed by atoms with van der Waals surface area (Å²) in [6.07, 6.45) is 0. The van der Waals surface area contributed by atoms with Gasteiger partial charge in [0.05, 0.1) is 19.2 Å². The van der Waals surface area contributed by atoms with Gasteiger partial charge in [-0.15, -0.1) is 0 Å². The molecule has 0 heterocycles. The number of anilines is 1. The smallest absolute Gasteiger partial charge is 0.260 e. The van der Waals surface area contributed by atoms with E-state index in [-0.39, 0.29) is 17.8 Å². The predicted molar refractivity (Wildman–Crippen MR) is 58.9 cm³/mol. The monoisotopic (exact) mass is 223 g/mol. The molecular weight excluding hydrogens is 210 g/mol. The van der Waals surface area contributed by atoms with Crippen LogP contribution in [0.5, 0.6) is 5.75 Å². The minimum absolute atomic E-state index is 0.182. The number of imide groups is 1. The van der Waals surface area contributed by atoms with Crippen molar-refractivity contribution in [1.29, 1.82) is 0 Å². The van der Waals surface area contributed by atoms with Gasteiger partial charge >= 0.3 is 0 Å². The average Bonchev–Trinajstić information content (AvgIpc) is 2.29. The summed E-state index contributed by atoms with van der Waals surface area (Å²) in [4.78, 5) is 22.5. The third-order valence-electron chi connectivity index (χ3n) is 1.94. The zero-order valence-corrected chi connectivity index (χ0v) is 8.82. The molecule has 0 aliphatic rings. The van der Waals surface area contributed by atoms with E-state index >= 15 is 0 Å². The molecule has 0 saturated heterocycles. The van der Waals surface area contributed by atoms with Gasteiger partial charge in [-0.2, -0.15) is 0 Å². The summed E-state index contributed by atoms with van der Waals surface area (Å²) in [7, 11) is 1.47. The molecule has 0 fully saturated rings. The van der Waals surface area contributed by atoms with Gasteiger partial charge in [0.1, 0.15) is 5.75 Å². The maximum absolute atomic E-state index is 11.6. The van der Waals surface area contributed by atoms with Crippen LogP contribution < -0.4 is 21.5 Å². The van der Waals surface area contributed by atoms with Crippen LogP contribution in [0.4, 0.5) is 5.69 Å². The second kappa shape index (κ2) is 5.13. The molecule has 1 rings (SSSR count). The van der Waals surface area contributed by atoms with E-state index in [0.717, 1.165) is 0 Å². The van der Waals surface area contributed by atoms with Crippen molar-refractivity contribution < 1.29 is 14.3 Å². The van der Waals surface area contributed by atoms with Crippen LogP contribution >= 0.6 is 0 Å². The van der Waals surface area contributed by atoms with E-state index in [4.69, 9.17) is 16.2 Å². The first-order valence-corrected chi connectivity index (χ1v) is 4.56. The lowest BCUT2D eigenvalue weighted by molar-refractivity contribution is -0.118. The minimum Gasteiger partial charge on any atom is -0.497 e. The SMILES string of the molecule is COc1ccc(N)c(C(=O)NC(=O)CN)c1. The van der Waals surface area contributed by atoms with Crippen molar-refractivity contribution in [3.63, 3.8) is 0 Å². The number of benzene rings is 1. The summed E-state index contributed by atoms with van der Waals surface area (Å²) in [5, 5.41) is 2.10. The highest BCUT2D eigenvalue weighted by Gasteiger charge is 2.13. The van der Waals surface area contributed by atoms with E-state index in [2.05, 4.69) is 5.32 Å². The van der Waals surface area contributed by atoms with E-state index in [1.54, 1.807) is 6.07 Å². The van der Waals surface area contributed by atoms with Gasteiger partial charge in [-0.25, -0.2) is 0 Å². The van der Waals surface area contributed by atoms with Crippen molar-refractivity contribution in [2.45, 2.75) is 0 Å². The Morgan fingerprint density at radius 1 is 1.44 bits per heavy atom. The van der Waals surface area contributed by atoms with Crippen LogP contribution in [0, 0.1) is 0 Å². The molecule has 0 aromatic heterocycles. The minimum atomic E-state index is -0.591. The summed E-state index contributed by atoms with van der Waals surface area (Å²) in [6, 6.07) is 4.60. The molecular formula is C10H13N3O3. The molecule has 0 bridgehead atoms. The molecule has 0 aliphatic heterocycles. The Bertz CT molecular complexity index is 418. The second-order valence-corrected chi connectivity index (χ2v) is 3.03. The maximum atomic E-state index is 11.6. The zero-order valence-electron chi connectivity index (χ0n) is 8.82. The van der Waals surface area contributed by atoms with E-state index in [0.29, 0.717) is 5.75 Å². The summed E-state index contributed by atoms with van der Waals surface area (Å²) in [5.74, 6) is -0.668. The number of carbonyl (C=O) groups excluding carboxylic acids is 2. The van der Waals surface area contributed by atoms with Gasteiger partial charge in [-0.05, 0) is 18.2 Å². The van der Waals surface area contributed by atoms with Crippen molar-refractivity contribution in [3.8, 4) is 5.75 Å². The van der Waals surface area contributed by atoms with Gasteiger partial charge in [0.2, 0.25) is 5.91 Å². The number of hydrogen-bond acceptors (Lipinski definition) is 5. The van der Waals surface area contributed by atoms with E-state index in [1.807, 2.05) is 0 Å². The lowest BCUT2D eigenvalue weighted by Gasteiger charge is -2.07. The quantitative estimate of drug-likeness (QED) is 0.598. The number of nitrogen functional groups attached to an aromatic ring is 1. The number of rotatable bonds is 3. The Kier molecular flexibility index (Phi) is 3.84. The lowest BCUT2D eigenvalue weighted by Crippen LogP contribution is -2.35. The lowest BCUT2D eigenvalue weighted by atomic mass is 10.1. The molecule has 16 heavy (non-hydrogen) atoms. The number of nitrogens with one attached hydrogen (secondary N) is 1. The summed E-state index contributed by atoms with van der Waals surface area (Å²) >= 11 is 0. The summed E-state index contributed by atoms with van der Waals surface area (Å²) in [5.41, 5.74) is 11.1. The van der Waals surface area contributed by atoms with E-state index < -0.39 is 11.8 Å². The Morgan fingerprint density at radius 3 is 2.69 bits per heavy atom. The summed E-state index contributed by atoms with van der Waals surface area (Å²) in [6.45, 7) is -0.254. The third-order valence-corrected chi connectivity index (χ3v) is 1.94. The van der Waals surface area contributed by atoms with Crippen LogP contribution in [0.2, 0.25) is 0 Å². The molecule has 0 spiro atoms. The topological polar surface area (TPSA) is 107 Å². The number of hydrogen-bond donors (Lipinski definition) is 3. The van der Waals surface area contributed by atoms with Gasteiger partial charge in [-0.1, -0.05) is 0 Å². The Hall–Kier alpha value is -2.08. The number of carbonyl (C=O) groups is 2. The first-order valence-electron chi connectivity index (χ1n) is 4.56. The summed E-state index contributed by atoms with van der Waals surface area (Å²) < 4.78 is 4.95. The van der Waals surface area contributed by atoms with Crippen LogP contribution in [0.25, 0.3) is 0 Å². The number of nitrogens with two attached hydrogens (primary N) is 2. The average molecular weight is 223 g/mol. The van der Waals surface area contributed by atoms with Crippen molar-refractivity contribution in [1.82, 2.24) is 5.32 Å². The van der Waals surface area contributed by atoms with E-state index in [1.165, 1.54) is 19.2 Å². The van der Waals surface area contributed by atoms with Gasteiger partial charge < -0.3 is 16.2 Å². The molecule has 0 atom stereocenters. The van der Waals surface area contributed by atoms with Crippen molar-refractivity contribution in [2.24, 2.45) is 5.73 Å².